The zero-order valence-electron chi connectivity index (χ0n) is 13.6. The molecule has 0 aliphatic rings. The van der Waals surface area contributed by atoms with Crippen molar-refractivity contribution in [2.45, 2.75) is 20.3 Å². The molecule has 0 aliphatic heterocycles. The third-order valence-corrected chi connectivity index (χ3v) is 3.34. The number of hydrogen-bond donors (Lipinski definition) is 1. The number of hydrogen-bond acceptors (Lipinski definition) is 4. The van der Waals surface area contributed by atoms with Crippen LogP contribution in [0.25, 0.3) is 0 Å². The van der Waals surface area contributed by atoms with Crippen molar-refractivity contribution < 1.29 is 9.72 Å². The lowest BCUT2D eigenvalue weighted by molar-refractivity contribution is -0.384. The van der Waals surface area contributed by atoms with E-state index in [1.807, 2.05) is 30.3 Å². The maximum atomic E-state index is 12.2. The van der Waals surface area contributed by atoms with E-state index in [4.69, 9.17) is 0 Å². The molecule has 0 saturated carbocycles. The standard InChI is InChI=1S/C18H19N3O3/c1-13(2)12-17(14-6-4-3-5-7-14)19-20-18(22)15-8-10-16(11-9-15)21(23)24/h3-11,13H,12H2,1-2H3,(H,20,22). The Labute approximate surface area is 140 Å². The Morgan fingerprint density at radius 1 is 1.08 bits per heavy atom. The number of carbonyl (C=O) groups excluding carboxylic acids is 1. The summed E-state index contributed by atoms with van der Waals surface area (Å²) in [5.41, 5.74) is 4.54. The predicted molar refractivity (Wildman–Crippen MR) is 93.0 cm³/mol. The molecule has 0 fully saturated rings. The second kappa shape index (κ2) is 8.01. The predicted octanol–water partition coefficient (Wildman–Crippen LogP) is 3.78. The second-order valence-electron chi connectivity index (χ2n) is 5.77. The summed E-state index contributed by atoms with van der Waals surface area (Å²) in [5, 5.41) is 14.9. The number of hydrazone groups is 1. The van der Waals surface area contributed by atoms with E-state index in [9.17, 15) is 14.9 Å². The molecule has 0 bridgehead atoms. The molecule has 0 aliphatic carbocycles. The summed E-state index contributed by atoms with van der Waals surface area (Å²) in [6, 6.07) is 15.1. The summed E-state index contributed by atoms with van der Waals surface area (Å²) in [5.74, 6) is -0.0117. The highest BCUT2D eigenvalue weighted by molar-refractivity contribution is 6.02. The zero-order chi connectivity index (χ0) is 17.5. The van der Waals surface area contributed by atoms with Crippen LogP contribution in [0, 0.1) is 16.0 Å². The summed E-state index contributed by atoms with van der Waals surface area (Å²) in [6.45, 7) is 4.16. The number of benzene rings is 2. The highest BCUT2D eigenvalue weighted by atomic mass is 16.6. The molecular weight excluding hydrogens is 306 g/mol. The van der Waals surface area contributed by atoms with Crippen molar-refractivity contribution in [3.8, 4) is 0 Å². The topological polar surface area (TPSA) is 84.6 Å². The molecule has 24 heavy (non-hydrogen) atoms. The highest BCUT2D eigenvalue weighted by Gasteiger charge is 2.11. The van der Waals surface area contributed by atoms with E-state index >= 15 is 0 Å². The molecule has 0 aromatic heterocycles. The SMILES string of the molecule is CC(C)CC(=NNC(=O)c1ccc([N+](=O)[O-])cc1)c1ccccc1. The highest BCUT2D eigenvalue weighted by Crippen LogP contribution is 2.13. The Hall–Kier alpha value is -3.02. The summed E-state index contributed by atoms with van der Waals surface area (Å²) in [7, 11) is 0. The number of nitro benzene ring substituents is 1. The van der Waals surface area contributed by atoms with Crippen molar-refractivity contribution in [1.82, 2.24) is 5.43 Å². The molecule has 0 unspecified atom stereocenters. The Morgan fingerprint density at radius 3 is 2.25 bits per heavy atom. The van der Waals surface area contributed by atoms with E-state index in [0.29, 0.717) is 11.5 Å². The van der Waals surface area contributed by atoms with Crippen LogP contribution in [0.1, 0.15) is 36.2 Å². The first kappa shape index (κ1) is 17.3. The van der Waals surface area contributed by atoms with Gasteiger partial charge in [-0.25, -0.2) is 5.43 Å². The van der Waals surface area contributed by atoms with Gasteiger partial charge >= 0.3 is 0 Å². The smallest absolute Gasteiger partial charge is 0.267 e. The monoisotopic (exact) mass is 325 g/mol. The van der Waals surface area contributed by atoms with Crippen LogP contribution >= 0.6 is 0 Å². The number of carbonyl (C=O) groups is 1. The van der Waals surface area contributed by atoms with Gasteiger partial charge < -0.3 is 0 Å². The van der Waals surface area contributed by atoms with Gasteiger partial charge in [-0.05, 0) is 30.0 Å². The molecule has 0 radical (unpaired) electrons. The van der Waals surface area contributed by atoms with E-state index in [1.54, 1.807) is 0 Å². The maximum absolute atomic E-state index is 12.2. The molecule has 0 spiro atoms. The molecule has 0 saturated heterocycles. The largest absolute Gasteiger partial charge is 0.271 e. The number of nitrogens with zero attached hydrogens (tertiary/aromatic N) is 2. The number of nitro groups is 1. The lowest BCUT2D eigenvalue weighted by Gasteiger charge is -2.10. The van der Waals surface area contributed by atoms with Crippen LogP contribution in [0.4, 0.5) is 5.69 Å². The first-order valence-corrected chi connectivity index (χ1v) is 7.64. The minimum Gasteiger partial charge on any atom is -0.267 e. The van der Waals surface area contributed by atoms with Crippen molar-refractivity contribution in [3.63, 3.8) is 0 Å². The Kier molecular flexibility index (Phi) is 5.78. The van der Waals surface area contributed by atoms with E-state index < -0.39 is 10.8 Å². The summed E-state index contributed by atoms with van der Waals surface area (Å²) in [6.07, 6.45) is 0.727. The minimum absolute atomic E-state index is 0.0557. The average molecular weight is 325 g/mol. The fourth-order valence-electron chi connectivity index (χ4n) is 2.16. The number of non-ortho nitro benzene ring substituents is 1. The lowest BCUT2D eigenvalue weighted by Crippen LogP contribution is -2.20. The van der Waals surface area contributed by atoms with Crippen molar-refractivity contribution in [2.24, 2.45) is 11.0 Å². The first-order valence-electron chi connectivity index (χ1n) is 7.64. The molecule has 1 amide bonds. The van der Waals surface area contributed by atoms with Crippen LogP contribution in [0.3, 0.4) is 0 Å². The van der Waals surface area contributed by atoms with Crippen LogP contribution in [-0.4, -0.2) is 16.5 Å². The molecule has 2 rings (SSSR count). The quantitative estimate of drug-likeness (QED) is 0.498. The second-order valence-corrected chi connectivity index (χ2v) is 5.77. The van der Waals surface area contributed by atoms with Crippen molar-refractivity contribution in [2.75, 3.05) is 0 Å². The molecule has 6 heteroatoms. The van der Waals surface area contributed by atoms with E-state index in [0.717, 1.165) is 17.7 Å². The minimum atomic E-state index is -0.504. The fourth-order valence-corrected chi connectivity index (χ4v) is 2.16. The van der Waals surface area contributed by atoms with E-state index in [-0.39, 0.29) is 5.69 Å². The molecule has 1 N–H and O–H groups in total. The zero-order valence-corrected chi connectivity index (χ0v) is 13.6. The van der Waals surface area contributed by atoms with Gasteiger partial charge in [0, 0.05) is 17.7 Å². The van der Waals surface area contributed by atoms with Crippen molar-refractivity contribution in [1.29, 1.82) is 0 Å². The van der Waals surface area contributed by atoms with E-state index in [1.165, 1.54) is 24.3 Å². The molecule has 6 nitrogen and oxygen atoms in total. The third-order valence-electron chi connectivity index (χ3n) is 3.34. The molecular formula is C18H19N3O3. The first-order chi connectivity index (χ1) is 11.5. The molecule has 2 aromatic carbocycles. The van der Waals surface area contributed by atoms with Crippen LogP contribution < -0.4 is 5.43 Å². The Balaban J connectivity index is 2.15. The van der Waals surface area contributed by atoms with Gasteiger partial charge in [-0.3, -0.25) is 14.9 Å². The average Bonchev–Trinajstić information content (AvgIpc) is 2.59. The summed E-state index contributed by atoms with van der Waals surface area (Å²) < 4.78 is 0. The Morgan fingerprint density at radius 2 is 1.71 bits per heavy atom. The van der Waals surface area contributed by atoms with Gasteiger partial charge in [0.05, 0.1) is 10.6 Å². The normalized spacial score (nSPS) is 11.4. The van der Waals surface area contributed by atoms with Gasteiger partial charge in [-0.2, -0.15) is 5.10 Å². The number of rotatable bonds is 6. The summed E-state index contributed by atoms with van der Waals surface area (Å²) >= 11 is 0. The molecule has 2 aromatic rings. The Bertz CT molecular complexity index is 738. The van der Waals surface area contributed by atoms with Crippen LogP contribution in [0.15, 0.2) is 59.7 Å². The fraction of sp³-hybridized carbons (Fsp3) is 0.222. The summed E-state index contributed by atoms with van der Waals surface area (Å²) in [4.78, 5) is 22.3. The molecule has 124 valence electrons. The lowest BCUT2D eigenvalue weighted by atomic mass is 10.0. The van der Waals surface area contributed by atoms with E-state index in [2.05, 4.69) is 24.4 Å². The van der Waals surface area contributed by atoms with Gasteiger partial charge in [-0.1, -0.05) is 44.2 Å². The van der Waals surface area contributed by atoms with Gasteiger partial charge in [-0.15, -0.1) is 0 Å². The molecule has 0 atom stereocenters. The van der Waals surface area contributed by atoms with Crippen LogP contribution in [-0.2, 0) is 0 Å². The van der Waals surface area contributed by atoms with Gasteiger partial charge in [0.2, 0.25) is 0 Å². The molecule has 0 heterocycles. The van der Waals surface area contributed by atoms with Crippen LogP contribution in [0.5, 0.6) is 0 Å². The van der Waals surface area contributed by atoms with Crippen molar-refractivity contribution in [3.05, 3.63) is 75.8 Å². The number of nitrogens with one attached hydrogen (secondary N) is 1. The third kappa shape index (κ3) is 4.74. The van der Waals surface area contributed by atoms with Gasteiger partial charge in [0.15, 0.2) is 0 Å². The van der Waals surface area contributed by atoms with Crippen molar-refractivity contribution >= 4 is 17.3 Å². The maximum Gasteiger partial charge on any atom is 0.271 e. The van der Waals surface area contributed by atoms with Gasteiger partial charge in [0.1, 0.15) is 0 Å². The van der Waals surface area contributed by atoms with Gasteiger partial charge in [0.25, 0.3) is 11.6 Å². The number of amides is 1. The van der Waals surface area contributed by atoms with Crippen LogP contribution in [0.2, 0.25) is 0 Å².